The van der Waals surface area contributed by atoms with Crippen LogP contribution in [0.15, 0.2) is 42.6 Å². The summed E-state index contributed by atoms with van der Waals surface area (Å²) in [6.45, 7) is 2.57. The standard InChI is InChI=1S/C19H17N3O3S/c1-12-17(26-18(21-12)14-5-3-4-8-20-14)19(23)22(2)10-13-6-7-15-16(9-13)25-11-24-15/h3-9H,10-11H2,1-2H3. The van der Waals surface area contributed by atoms with E-state index in [0.29, 0.717) is 11.4 Å². The molecule has 4 rings (SSSR count). The number of hydrogen-bond acceptors (Lipinski definition) is 6. The minimum atomic E-state index is -0.0557. The van der Waals surface area contributed by atoms with Gasteiger partial charge in [-0.15, -0.1) is 11.3 Å². The normalized spacial score (nSPS) is 12.2. The van der Waals surface area contributed by atoms with Gasteiger partial charge in [0, 0.05) is 19.8 Å². The Morgan fingerprint density at radius 1 is 1.23 bits per heavy atom. The molecule has 0 fully saturated rings. The SMILES string of the molecule is Cc1nc(-c2ccccn2)sc1C(=O)N(C)Cc1ccc2c(c1)OCO2. The number of ether oxygens (including phenoxy) is 2. The molecule has 1 aliphatic heterocycles. The molecule has 0 unspecified atom stereocenters. The van der Waals surface area contributed by atoms with E-state index in [1.165, 1.54) is 11.3 Å². The van der Waals surface area contributed by atoms with Crippen LogP contribution in [0, 0.1) is 6.92 Å². The monoisotopic (exact) mass is 367 g/mol. The lowest BCUT2D eigenvalue weighted by Crippen LogP contribution is -2.26. The van der Waals surface area contributed by atoms with Crippen molar-refractivity contribution in [3.63, 3.8) is 0 Å². The second-order valence-corrected chi connectivity index (χ2v) is 7.00. The summed E-state index contributed by atoms with van der Waals surface area (Å²) in [4.78, 5) is 24.0. The molecule has 26 heavy (non-hydrogen) atoms. The molecule has 0 saturated carbocycles. The first-order valence-corrected chi connectivity index (χ1v) is 8.96. The predicted octanol–water partition coefficient (Wildman–Crippen LogP) is 3.51. The van der Waals surface area contributed by atoms with Crippen LogP contribution in [0.2, 0.25) is 0 Å². The number of nitrogens with zero attached hydrogens (tertiary/aromatic N) is 3. The van der Waals surface area contributed by atoms with E-state index in [1.807, 2.05) is 43.3 Å². The van der Waals surface area contributed by atoms with Crippen molar-refractivity contribution in [2.24, 2.45) is 0 Å². The van der Waals surface area contributed by atoms with Gasteiger partial charge in [0.05, 0.1) is 11.4 Å². The summed E-state index contributed by atoms with van der Waals surface area (Å²) < 4.78 is 10.7. The quantitative estimate of drug-likeness (QED) is 0.706. The Bertz CT molecular complexity index is 956. The molecule has 6 nitrogen and oxygen atoms in total. The van der Waals surface area contributed by atoms with E-state index in [9.17, 15) is 4.79 Å². The van der Waals surface area contributed by atoms with E-state index >= 15 is 0 Å². The third-order valence-corrected chi connectivity index (χ3v) is 5.25. The Hall–Kier alpha value is -2.93. The van der Waals surface area contributed by atoms with Gasteiger partial charge in [0.1, 0.15) is 9.88 Å². The molecule has 7 heteroatoms. The van der Waals surface area contributed by atoms with Crippen molar-refractivity contribution in [2.75, 3.05) is 13.8 Å². The first kappa shape index (κ1) is 16.5. The number of aromatic nitrogens is 2. The fourth-order valence-corrected chi connectivity index (χ4v) is 3.79. The summed E-state index contributed by atoms with van der Waals surface area (Å²) in [6.07, 6.45) is 1.72. The molecule has 2 aromatic heterocycles. The zero-order chi connectivity index (χ0) is 18.1. The number of aryl methyl sites for hydroxylation is 1. The highest BCUT2D eigenvalue weighted by molar-refractivity contribution is 7.17. The summed E-state index contributed by atoms with van der Waals surface area (Å²) in [5.41, 5.74) is 2.48. The maximum Gasteiger partial charge on any atom is 0.265 e. The molecule has 0 atom stereocenters. The van der Waals surface area contributed by atoms with Crippen molar-refractivity contribution in [2.45, 2.75) is 13.5 Å². The average molecular weight is 367 g/mol. The van der Waals surface area contributed by atoms with Crippen LogP contribution in [0.5, 0.6) is 11.5 Å². The molecule has 0 aliphatic carbocycles. The maximum atomic E-state index is 12.9. The Balaban J connectivity index is 1.53. The summed E-state index contributed by atoms with van der Waals surface area (Å²) in [5, 5.41) is 0.753. The third-order valence-electron chi connectivity index (χ3n) is 4.08. The first-order valence-electron chi connectivity index (χ1n) is 8.14. The van der Waals surface area contributed by atoms with E-state index in [-0.39, 0.29) is 12.7 Å². The highest BCUT2D eigenvalue weighted by Crippen LogP contribution is 2.33. The maximum absolute atomic E-state index is 12.9. The number of carbonyl (C=O) groups is 1. The van der Waals surface area contributed by atoms with Gasteiger partial charge in [0.15, 0.2) is 11.5 Å². The van der Waals surface area contributed by atoms with Crippen molar-refractivity contribution in [3.05, 3.63) is 58.7 Å². The lowest BCUT2D eigenvalue weighted by molar-refractivity contribution is 0.0789. The van der Waals surface area contributed by atoms with Crippen LogP contribution >= 0.6 is 11.3 Å². The Morgan fingerprint density at radius 3 is 2.88 bits per heavy atom. The van der Waals surface area contributed by atoms with Crippen molar-refractivity contribution < 1.29 is 14.3 Å². The molecule has 1 aliphatic rings. The predicted molar refractivity (Wildman–Crippen MR) is 98.4 cm³/mol. The number of amides is 1. The van der Waals surface area contributed by atoms with Crippen LogP contribution in [0.4, 0.5) is 0 Å². The van der Waals surface area contributed by atoms with Crippen molar-refractivity contribution in [1.82, 2.24) is 14.9 Å². The zero-order valence-corrected chi connectivity index (χ0v) is 15.2. The molecular formula is C19H17N3O3S. The van der Waals surface area contributed by atoms with Gasteiger partial charge in [0.25, 0.3) is 5.91 Å². The molecule has 1 aromatic carbocycles. The number of fused-ring (bicyclic) bond motifs is 1. The molecule has 3 heterocycles. The minimum absolute atomic E-state index is 0.0557. The van der Waals surface area contributed by atoms with Crippen LogP contribution in [0.1, 0.15) is 20.9 Å². The summed E-state index contributed by atoms with van der Waals surface area (Å²) in [7, 11) is 1.78. The highest BCUT2D eigenvalue weighted by Gasteiger charge is 2.21. The Labute approximate surface area is 155 Å². The molecule has 0 spiro atoms. The van der Waals surface area contributed by atoms with Gasteiger partial charge in [-0.3, -0.25) is 9.78 Å². The van der Waals surface area contributed by atoms with Gasteiger partial charge >= 0.3 is 0 Å². The minimum Gasteiger partial charge on any atom is -0.454 e. The molecule has 1 amide bonds. The van der Waals surface area contributed by atoms with Gasteiger partial charge in [-0.2, -0.15) is 0 Å². The summed E-state index contributed by atoms with van der Waals surface area (Å²) in [6, 6.07) is 11.4. The lowest BCUT2D eigenvalue weighted by atomic mass is 10.2. The molecule has 0 bridgehead atoms. The number of pyridine rings is 1. The molecule has 3 aromatic rings. The van der Waals surface area contributed by atoms with Crippen LogP contribution in [0.3, 0.4) is 0 Å². The first-order chi connectivity index (χ1) is 12.6. The van der Waals surface area contributed by atoms with E-state index in [2.05, 4.69) is 9.97 Å². The van der Waals surface area contributed by atoms with Crippen LogP contribution < -0.4 is 9.47 Å². The van der Waals surface area contributed by atoms with Gasteiger partial charge in [-0.1, -0.05) is 12.1 Å². The second-order valence-electron chi connectivity index (χ2n) is 6.00. The van der Waals surface area contributed by atoms with Crippen LogP contribution in [-0.4, -0.2) is 34.6 Å². The van der Waals surface area contributed by atoms with E-state index < -0.39 is 0 Å². The number of rotatable bonds is 4. The number of hydrogen-bond donors (Lipinski definition) is 0. The number of benzene rings is 1. The Kier molecular flexibility index (Phi) is 4.30. The smallest absolute Gasteiger partial charge is 0.265 e. The molecule has 0 radical (unpaired) electrons. The van der Waals surface area contributed by atoms with Gasteiger partial charge in [0.2, 0.25) is 6.79 Å². The van der Waals surface area contributed by atoms with Gasteiger partial charge in [-0.05, 0) is 36.8 Å². The largest absolute Gasteiger partial charge is 0.454 e. The Morgan fingerprint density at radius 2 is 2.08 bits per heavy atom. The van der Waals surface area contributed by atoms with Crippen LogP contribution in [0.25, 0.3) is 10.7 Å². The van der Waals surface area contributed by atoms with Crippen molar-refractivity contribution in [1.29, 1.82) is 0 Å². The number of carbonyl (C=O) groups excluding carboxylic acids is 1. The highest BCUT2D eigenvalue weighted by atomic mass is 32.1. The summed E-state index contributed by atoms with van der Waals surface area (Å²) in [5.74, 6) is 1.40. The average Bonchev–Trinajstić information content (AvgIpc) is 3.28. The molecule has 132 valence electrons. The molecule has 0 N–H and O–H groups in total. The van der Waals surface area contributed by atoms with E-state index in [4.69, 9.17) is 9.47 Å². The van der Waals surface area contributed by atoms with E-state index in [1.54, 1.807) is 18.1 Å². The number of thiazole rings is 1. The van der Waals surface area contributed by atoms with Gasteiger partial charge in [-0.25, -0.2) is 4.98 Å². The van der Waals surface area contributed by atoms with Crippen LogP contribution in [-0.2, 0) is 6.54 Å². The third kappa shape index (κ3) is 3.13. The molecule has 0 saturated heterocycles. The van der Waals surface area contributed by atoms with Crippen molar-refractivity contribution in [3.8, 4) is 22.2 Å². The van der Waals surface area contributed by atoms with Crippen molar-refractivity contribution >= 4 is 17.2 Å². The topological polar surface area (TPSA) is 64.6 Å². The lowest BCUT2D eigenvalue weighted by Gasteiger charge is -2.16. The van der Waals surface area contributed by atoms with Gasteiger partial charge < -0.3 is 14.4 Å². The fourth-order valence-electron chi connectivity index (χ4n) is 2.75. The fraction of sp³-hybridized carbons (Fsp3) is 0.211. The molecular weight excluding hydrogens is 350 g/mol. The second kappa shape index (κ2) is 6.76. The zero-order valence-electron chi connectivity index (χ0n) is 14.4. The van der Waals surface area contributed by atoms with E-state index in [0.717, 1.165) is 33.5 Å². The summed E-state index contributed by atoms with van der Waals surface area (Å²) >= 11 is 1.37.